The van der Waals surface area contributed by atoms with Gasteiger partial charge < -0.3 is 14.8 Å². The van der Waals surface area contributed by atoms with Crippen molar-refractivity contribution in [2.45, 2.75) is 19.1 Å². The van der Waals surface area contributed by atoms with Crippen LogP contribution in [0.25, 0.3) is 0 Å². The Morgan fingerprint density at radius 3 is 2.61 bits per heavy atom. The van der Waals surface area contributed by atoms with Gasteiger partial charge in [-0.15, -0.1) is 0 Å². The van der Waals surface area contributed by atoms with Crippen molar-refractivity contribution in [2.75, 3.05) is 38.2 Å². The third kappa shape index (κ3) is 4.25. The molecular formula is C16H20F2N2O3. The number of hydrogen-bond donors (Lipinski definition) is 1. The Morgan fingerprint density at radius 2 is 1.91 bits per heavy atom. The highest BCUT2D eigenvalue weighted by Crippen LogP contribution is 2.25. The van der Waals surface area contributed by atoms with Crippen LogP contribution in [0, 0.1) is 17.6 Å². The molecule has 2 aliphatic heterocycles. The Kier molecular flexibility index (Phi) is 5.20. The molecule has 2 fully saturated rings. The average Bonchev–Trinajstić information content (AvgIpc) is 3.06. The van der Waals surface area contributed by atoms with Crippen molar-refractivity contribution in [1.82, 2.24) is 4.90 Å². The monoisotopic (exact) mass is 326 g/mol. The van der Waals surface area contributed by atoms with Crippen LogP contribution in [0.2, 0.25) is 0 Å². The van der Waals surface area contributed by atoms with Crippen LogP contribution in [-0.2, 0) is 14.3 Å². The number of ether oxygens (including phenoxy) is 2. The van der Waals surface area contributed by atoms with Crippen molar-refractivity contribution in [3.63, 3.8) is 0 Å². The molecule has 5 nitrogen and oxygen atoms in total. The molecule has 1 aromatic carbocycles. The quantitative estimate of drug-likeness (QED) is 0.919. The zero-order valence-corrected chi connectivity index (χ0v) is 12.8. The molecule has 126 valence electrons. The van der Waals surface area contributed by atoms with E-state index in [0.717, 1.165) is 44.1 Å². The summed E-state index contributed by atoms with van der Waals surface area (Å²) < 4.78 is 37.6. The molecule has 2 aliphatic rings. The normalized spacial score (nSPS) is 20.8. The first kappa shape index (κ1) is 16.3. The summed E-state index contributed by atoms with van der Waals surface area (Å²) in [7, 11) is 0. The third-order valence-electron chi connectivity index (χ3n) is 4.23. The molecule has 0 saturated carbocycles. The summed E-state index contributed by atoms with van der Waals surface area (Å²) in [6, 6.07) is 3.00. The highest BCUT2D eigenvalue weighted by atomic mass is 19.1. The Hall–Kier alpha value is -1.57. The molecule has 3 rings (SSSR count). The van der Waals surface area contributed by atoms with Crippen LogP contribution < -0.4 is 5.32 Å². The minimum atomic E-state index is -0.644. The van der Waals surface area contributed by atoms with Gasteiger partial charge in [-0.05, 0) is 38.1 Å². The van der Waals surface area contributed by atoms with Crippen LogP contribution in [0.4, 0.5) is 14.5 Å². The lowest BCUT2D eigenvalue weighted by molar-refractivity contribution is -0.119. The van der Waals surface area contributed by atoms with E-state index in [0.29, 0.717) is 19.1 Å². The third-order valence-corrected chi connectivity index (χ3v) is 4.23. The molecule has 1 N–H and O–H groups in total. The Bertz CT molecular complexity index is 556. The van der Waals surface area contributed by atoms with Crippen LogP contribution in [-0.4, -0.2) is 49.9 Å². The fraction of sp³-hybridized carbons (Fsp3) is 0.562. The molecule has 2 saturated heterocycles. The minimum absolute atomic E-state index is 0.118. The van der Waals surface area contributed by atoms with Crippen LogP contribution >= 0.6 is 0 Å². The second-order valence-corrected chi connectivity index (χ2v) is 5.90. The van der Waals surface area contributed by atoms with Gasteiger partial charge in [-0.1, -0.05) is 0 Å². The molecule has 0 atom stereocenters. The maximum Gasteiger partial charge on any atom is 0.238 e. The standard InChI is InChI=1S/C16H20F2N2O3/c17-12-1-2-13(18)14(9-12)19-15(21)10-20-5-3-11(4-6-20)16-22-7-8-23-16/h1-2,9,11,16H,3-8,10H2,(H,19,21). The van der Waals surface area contributed by atoms with Gasteiger partial charge in [-0.2, -0.15) is 0 Å². The van der Waals surface area contributed by atoms with E-state index in [-0.39, 0.29) is 24.4 Å². The van der Waals surface area contributed by atoms with Crippen molar-refractivity contribution < 1.29 is 23.0 Å². The summed E-state index contributed by atoms with van der Waals surface area (Å²) in [4.78, 5) is 14.0. The second kappa shape index (κ2) is 7.33. The molecule has 0 radical (unpaired) electrons. The summed E-state index contributed by atoms with van der Waals surface area (Å²) >= 11 is 0. The lowest BCUT2D eigenvalue weighted by atomic mass is 9.96. The predicted octanol–water partition coefficient (Wildman–Crippen LogP) is 1.99. The molecule has 7 heteroatoms. The SMILES string of the molecule is O=C(CN1CCC(C2OCCO2)CC1)Nc1cc(F)ccc1F. The predicted molar refractivity (Wildman–Crippen MR) is 79.8 cm³/mol. The van der Waals surface area contributed by atoms with E-state index in [4.69, 9.17) is 9.47 Å². The molecule has 0 aliphatic carbocycles. The van der Waals surface area contributed by atoms with Crippen LogP contribution in [0.1, 0.15) is 12.8 Å². The zero-order valence-electron chi connectivity index (χ0n) is 12.8. The van der Waals surface area contributed by atoms with Gasteiger partial charge >= 0.3 is 0 Å². The van der Waals surface area contributed by atoms with E-state index >= 15 is 0 Å². The summed E-state index contributed by atoms with van der Waals surface area (Å²) in [5.41, 5.74) is -0.127. The second-order valence-electron chi connectivity index (χ2n) is 5.90. The van der Waals surface area contributed by atoms with E-state index in [1.54, 1.807) is 0 Å². The Morgan fingerprint density at radius 1 is 1.22 bits per heavy atom. The Balaban J connectivity index is 1.46. The fourth-order valence-electron chi connectivity index (χ4n) is 3.02. The molecule has 23 heavy (non-hydrogen) atoms. The molecule has 1 aromatic rings. The number of anilines is 1. The smallest absolute Gasteiger partial charge is 0.238 e. The molecular weight excluding hydrogens is 306 g/mol. The maximum atomic E-state index is 13.5. The van der Waals surface area contributed by atoms with Crippen LogP contribution in [0.15, 0.2) is 18.2 Å². The number of halogens is 2. The Labute approximate surface area is 133 Å². The van der Waals surface area contributed by atoms with Gasteiger partial charge in [0.1, 0.15) is 11.6 Å². The summed E-state index contributed by atoms with van der Waals surface area (Å²) in [5, 5.41) is 2.42. The number of rotatable bonds is 4. The van der Waals surface area contributed by atoms with Crippen molar-refractivity contribution in [3.8, 4) is 0 Å². The van der Waals surface area contributed by atoms with Gasteiger partial charge in [-0.3, -0.25) is 9.69 Å². The first-order valence-corrected chi connectivity index (χ1v) is 7.82. The summed E-state index contributed by atoms with van der Waals surface area (Å²) in [5.74, 6) is -1.22. The van der Waals surface area contributed by atoms with Crippen molar-refractivity contribution >= 4 is 11.6 Å². The molecule has 1 amide bonds. The van der Waals surface area contributed by atoms with E-state index < -0.39 is 11.6 Å². The lowest BCUT2D eigenvalue weighted by Crippen LogP contribution is -2.41. The topological polar surface area (TPSA) is 50.8 Å². The number of nitrogens with one attached hydrogen (secondary N) is 1. The minimum Gasteiger partial charge on any atom is -0.350 e. The van der Waals surface area contributed by atoms with Gasteiger partial charge in [0.2, 0.25) is 5.91 Å². The molecule has 0 spiro atoms. The molecule has 0 aromatic heterocycles. The van der Waals surface area contributed by atoms with Crippen molar-refractivity contribution in [2.24, 2.45) is 5.92 Å². The molecule has 0 unspecified atom stereocenters. The van der Waals surface area contributed by atoms with E-state index in [9.17, 15) is 13.6 Å². The van der Waals surface area contributed by atoms with Gasteiger partial charge in [0.05, 0.1) is 25.4 Å². The van der Waals surface area contributed by atoms with Gasteiger partial charge in [0, 0.05) is 12.0 Å². The number of benzene rings is 1. The first-order chi connectivity index (χ1) is 11.1. The van der Waals surface area contributed by atoms with Crippen LogP contribution in [0.3, 0.4) is 0 Å². The number of nitrogens with zero attached hydrogens (tertiary/aromatic N) is 1. The number of likely N-dealkylation sites (tertiary alicyclic amines) is 1. The number of amides is 1. The summed E-state index contributed by atoms with van der Waals surface area (Å²) in [6.45, 7) is 2.97. The van der Waals surface area contributed by atoms with Crippen LogP contribution in [0.5, 0.6) is 0 Å². The number of carbonyl (C=O) groups is 1. The van der Waals surface area contributed by atoms with Gasteiger partial charge in [0.15, 0.2) is 6.29 Å². The number of hydrogen-bond acceptors (Lipinski definition) is 4. The maximum absolute atomic E-state index is 13.5. The molecule has 2 heterocycles. The van der Waals surface area contributed by atoms with E-state index in [2.05, 4.69) is 5.32 Å². The number of carbonyl (C=O) groups excluding carboxylic acids is 1. The first-order valence-electron chi connectivity index (χ1n) is 7.82. The number of piperidine rings is 1. The fourth-order valence-corrected chi connectivity index (χ4v) is 3.02. The van der Waals surface area contributed by atoms with Crippen molar-refractivity contribution in [3.05, 3.63) is 29.8 Å². The summed E-state index contributed by atoms with van der Waals surface area (Å²) in [6.07, 6.45) is 1.67. The average molecular weight is 326 g/mol. The van der Waals surface area contributed by atoms with E-state index in [1.807, 2.05) is 4.90 Å². The molecule has 0 bridgehead atoms. The van der Waals surface area contributed by atoms with E-state index in [1.165, 1.54) is 0 Å². The van der Waals surface area contributed by atoms with Crippen molar-refractivity contribution in [1.29, 1.82) is 0 Å². The van der Waals surface area contributed by atoms with Gasteiger partial charge in [-0.25, -0.2) is 8.78 Å². The largest absolute Gasteiger partial charge is 0.350 e. The van der Waals surface area contributed by atoms with Gasteiger partial charge in [0.25, 0.3) is 0 Å². The highest BCUT2D eigenvalue weighted by molar-refractivity contribution is 5.92. The lowest BCUT2D eigenvalue weighted by Gasteiger charge is -2.33. The zero-order chi connectivity index (χ0) is 16.2. The highest BCUT2D eigenvalue weighted by Gasteiger charge is 2.30.